The minimum absolute atomic E-state index is 0.0621. The van der Waals surface area contributed by atoms with Gasteiger partial charge >= 0.3 is 0 Å². The summed E-state index contributed by atoms with van der Waals surface area (Å²) in [5.74, 6) is -3.04. The van der Waals surface area contributed by atoms with E-state index >= 15 is 8.78 Å². The molecule has 0 aliphatic carbocycles. The molecule has 3 N–H and O–H groups in total. The van der Waals surface area contributed by atoms with Gasteiger partial charge in [0.15, 0.2) is 16.7 Å². The molecule has 0 aliphatic rings. The van der Waals surface area contributed by atoms with Gasteiger partial charge in [-0.05, 0) is 48.4 Å². The zero-order chi connectivity index (χ0) is 34.0. The average Bonchev–Trinajstić information content (AvgIpc) is 3.41. The first-order valence-electron chi connectivity index (χ1n) is 13.9. The Morgan fingerprint density at radius 1 is 1.02 bits per heavy atom. The first kappa shape index (κ1) is 35.8. The number of halogens is 4. The van der Waals surface area contributed by atoms with Gasteiger partial charge in [-0.1, -0.05) is 56.6 Å². The number of hydrogen-bond donors (Lipinski definition) is 2. The van der Waals surface area contributed by atoms with Crippen molar-refractivity contribution in [2.24, 2.45) is 5.14 Å². The highest BCUT2D eigenvalue weighted by atomic mass is 35.5. The Morgan fingerprint density at radius 2 is 1.70 bits per heavy atom. The van der Waals surface area contributed by atoms with Crippen LogP contribution in [0.4, 0.5) is 13.2 Å². The number of nitrogens with zero attached hydrogens (tertiary/aromatic N) is 2. The SMILES string of the molecule is CCCCNS(=O)(=O)c1cc(F)c(CSc2ncc(C(C)(C)c3ccc(S(N)(=O)=O)c(Cl)c3)n2-c2ccc(F)c(OC)c2)c(F)c1. The molecule has 0 aliphatic heterocycles. The highest BCUT2D eigenvalue weighted by molar-refractivity contribution is 7.98. The van der Waals surface area contributed by atoms with Crippen LogP contribution in [0.3, 0.4) is 0 Å². The highest BCUT2D eigenvalue weighted by Crippen LogP contribution is 2.39. The molecule has 0 fully saturated rings. The molecule has 0 saturated heterocycles. The van der Waals surface area contributed by atoms with E-state index in [2.05, 4.69) is 9.71 Å². The fourth-order valence-electron chi connectivity index (χ4n) is 4.66. The number of aromatic nitrogens is 2. The van der Waals surface area contributed by atoms with E-state index in [1.807, 2.05) is 20.8 Å². The van der Waals surface area contributed by atoms with E-state index in [9.17, 15) is 21.2 Å². The molecular weight excluding hydrogens is 685 g/mol. The maximum Gasteiger partial charge on any atom is 0.240 e. The predicted molar refractivity (Wildman–Crippen MR) is 171 cm³/mol. The number of nitrogens with one attached hydrogen (secondary N) is 1. The Labute approximate surface area is 275 Å². The number of benzene rings is 3. The van der Waals surface area contributed by atoms with E-state index < -0.39 is 47.8 Å². The number of ether oxygens (including phenoxy) is 1. The summed E-state index contributed by atoms with van der Waals surface area (Å²) in [6.07, 6.45) is 2.83. The van der Waals surface area contributed by atoms with Crippen LogP contribution < -0.4 is 14.6 Å². The Bertz CT molecular complexity index is 1960. The van der Waals surface area contributed by atoms with Crippen LogP contribution in [-0.2, 0) is 31.2 Å². The van der Waals surface area contributed by atoms with Crippen molar-refractivity contribution < 1.29 is 34.7 Å². The smallest absolute Gasteiger partial charge is 0.240 e. The monoisotopic (exact) mass is 716 g/mol. The maximum atomic E-state index is 15.2. The van der Waals surface area contributed by atoms with Gasteiger partial charge in [0.05, 0.1) is 34.6 Å². The van der Waals surface area contributed by atoms with Gasteiger partial charge in [0.25, 0.3) is 0 Å². The number of hydrogen-bond acceptors (Lipinski definition) is 7. The van der Waals surface area contributed by atoms with Crippen LogP contribution in [0, 0.1) is 17.5 Å². The van der Waals surface area contributed by atoms with Crippen LogP contribution in [0.1, 0.15) is 50.4 Å². The zero-order valence-corrected chi connectivity index (χ0v) is 28.5. The molecule has 4 aromatic rings. The van der Waals surface area contributed by atoms with E-state index in [0.717, 1.165) is 30.3 Å². The van der Waals surface area contributed by atoms with Gasteiger partial charge in [0.2, 0.25) is 20.0 Å². The van der Waals surface area contributed by atoms with Crippen LogP contribution >= 0.6 is 23.4 Å². The second-order valence-corrected chi connectivity index (χ2v) is 15.4. The number of rotatable bonds is 13. The normalized spacial score (nSPS) is 12.5. The fraction of sp³-hybridized carbons (Fsp3) is 0.300. The van der Waals surface area contributed by atoms with Crippen molar-refractivity contribution in [2.45, 2.75) is 59.7 Å². The Hall–Kier alpha value is -3.08. The van der Waals surface area contributed by atoms with E-state index in [-0.39, 0.29) is 38.7 Å². The van der Waals surface area contributed by atoms with Crippen molar-refractivity contribution in [1.82, 2.24) is 14.3 Å². The van der Waals surface area contributed by atoms with E-state index in [1.54, 1.807) is 10.6 Å². The third-order valence-corrected chi connectivity index (χ3v) is 11.1. The number of methoxy groups -OCH3 is 1. The third kappa shape index (κ3) is 7.55. The first-order valence-corrected chi connectivity index (χ1v) is 18.3. The molecule has 0 amide bonds. The fourth-order valence-corrected chi connectivity index (χ4v) is 7.86. The van der Waals surface area contributed by atoms with E-state index in [0.29, 0.717) is 23.4 Å². The number of sulfonamides is 2. The summed E-state index contributed by atoms with van der Waals surface area (Å²) in [6.45, 7) is 5.67. The second kappa shape index (κ2) is 14.0. The van der Waals surface area contributed by atoms with Crippen molar-refractivity contribution in [3.05, 3.63) is 94.0 Å². The van der Waals surface area contributed by atoms with Crippen LogP contribution in [0.25, 0.3) is 5.69 Å². The summed E-state index contributed by atoms with van der Waals surface area (Å²) in [6, 6.07) is 9.97. The number of imidazole rings is 1. The number of nitrogens with two attached hydrogens (primary N) is 1. The molecule has 248 valence electrons. The molecular formula is C30H32ClF3N4O5S3. The van der Waals surface area contributed by atoms with Gasteiger partial charge in [-0.2, -0.15) is 0 Å². The van der Waals surface area contributed by atoms with Crippen LogP contribution in [0.2, 0.25) is 5.02 Å². The molecule has 1 heterocycles. The summed E-state index contributed by atoms with van der Waals surface area (Å²) in [5.41, 5.74) is 0.247. The largest absolute Gasteiger partial charge is 0.494 e. The zero-order valence-electron chi connectivity index (χ0n) is 25.3. The van der Waals surface area contributed by atoms with Crippen molar-refractivity contribution in [3.8, 4) is 11.4 Å². The topological polar surface area (TPSA) is 133 Å². The minimum atomic E-state index is -4.11. The van der Waals surface area contributed by atoms with Gasteiger partial charge in [-0.3, -0.25) is 4.57 Å². The molecule has 16 heteroatoms. The predicted octanol–water partition coefficient (Wildman–Crippen LogP) is 6.30. The summed E-state index contributed by atoms with van der Waals surface area (Å²) < 4.78 is 103. The van der Waals surface area contributed by atoms with Crippen molar-refractivity contribution in [1.29, 1.82) is 0 Å². The van der Waals surface area contributed by atoms with Gasteiger partial charge in [0.1, 0.15) is 16.5 Å². The summed E-state index contributed by atoms with van der Waals surface area (Å²) in [7, 11) is -6.88. The Balaban J connectivity index is 1.77. The summed E-state index contributed by atoms with van der Waals surface area (Å²) >= 11 is 7.25. The van der Waals surface area contributed by atoms with Crippen molar-refractivity contribution >= 4 is 43.4 Å². The van der Waals surface area contributed by atoms with Gasteiger partial charge < -0.3 is 4.74 Å². The molecule has 0 radical (unpaired) electrons. The molecule has 0 spiro atoms. The lowest BCUT2D eigenvalue weighted by Crippen LogP contribution is -2.25. The molecule has 1 aromatic heterocycles. The molecule has 46 heavy (non-hydrogen) atoms. The van der Waals surface area contributed by atoms with Gasteiger partial charge in [-0.25, -0.2) is 44.9 Å². The van der Waals surface area contributed by atoms with Crippen LogP contribution in [0.5, 0.6) is 5.75 Å². The van der Waals surface area contributed by atoms with E-state index in [4.69, 9.17) is 21.5 Å². The Kier molecular flexibility index (Phi) is 10.9. The standard InChI is InChI=1S/C30H32ClF3N4O5S3/c1-5-6-11-37-46(41,42)20-14-24(33)21(25(34)15-20)17-44-29-36-16-28(38(29)19-8-9-23(32)26(13-19)43-4)30(2,3)18-7-10-27(22(31)12-18)45(35,39)40/h7-10,12-16,37H,5-6,11,17H2,1-4H3,(H2,35,39,40). The summed E-state index contributed by atoms with van der Waals surface area (Å²) in [4.78, 5) is 3.73. The quantitative estimate of drug-likeness (QED) is 0.123. The number of thioether (sulfide) groups is 1. The van der Waals surface area contributed by atoms with Crippen LogP contribution in [0.15, 0.2) is 69.7 Å². The van der Waals surface area contributed by atoms with Crippen LogP contribution in [-0.4, -0.2) is 40.0 Å². The highest BCUT2D eigenvalue weighted by Gasteiger charge is 2.31. The number of primary sulfonamides is 1. The van der Waals surface area contributed by atoms with Crippen molar-refractivity contribution in [3.63, 3.8) is 0 Å². The average molecular weight is 717 g/mol. The van der Waals surface area contributed by atoms with E-state index in [1.165, 1.54) is 43.6 Å². The lowest BCUT2D eigenvalue weighted by Gasteiger charge is -2.28. The number of unbranched alkanes of at least 4 members (excludes halogenated alkanes) is 1. The van der Waals surface area contributed by atoms with Gasteiger partial charge in [0, 0.05) is 29.3 Å². The second-order valence-electron chi connectivity index (χ2n) is 10.8. The minimum Gasteiger partial charge on any atom is -0.494 e. The molecule has 0 unspecified atom stereocenters. The van der Waals surface area contributed by atoms with Crippen molar-refractivity contribution in [2.75, 3.05) is 13.7 Å². The molecule has 4 rings (SSSR count). The maximum absolute atomic E-state index is 15.2. The lowest BCUT2D eigenvalue weighted by atomic mass is 9.81. The third-order valence-electron chi connectivity index (χ3n) is 7.32. The molecule has 3 aromatic carbocycles. The summed E-state index contributed by atoms with van der Waals surface area (Å²) in [5, 5.41) is 5.45. The first-order chi connectivity index (χ1) is 21.5. The lowest BCUT2D eigenvalue weighted by molar-refractivity contribution is 0.386. The molecule has 0 bridgehead atoms. The Morgan fingerprint density at radius 3 is 2.28 bits per heavy atom. The van der Waals surface area contributed by atoms with Gasteiger partial charge in [-0.15, -0.1) is 0 Å². The molecule has 9 nitrogen and oxygen atoms in total. The molecule has 0 atom stereocenters. The molecule has 0 saturated carbocycles.